The summed E-state index contributed by atoms with van der Waals surface area (Å²) >= 11 is 0. The lowest BCUT2D eigenvalue weighted by molar-refractivity contribution is -0.153. The lowest BCUT2D eigenvalue weighted by atomic mass is 9.79. The van der Waals surface area contributed by atoms with Gasteiger partial charge in [-0.15, -0.1) is 0 Å². The molecule has 220 valence electrons. The summed E-state index contributed by atoms with van der Waals surface area (Å²) in [6.45, 7) is 18.7. The number of carbonyl (C=O) groups is 4. The monoisotopic (exact) mass is 548 g/mol. The fraction of sp³-hybridized carbons (Fsp3) is 0.667. The van der Waals surface area contributed by atoms with Crippen molar-refractivity contribution in [2.45, 2.75) is 105 Å². The van der Waals surface area contributed by atoms with Crippen molar-refractivity contribution in [3.8, 4) is 11.5 Å². The molecule has 1 N–H and O–H groups in total. The molecule has 0 aliphatic rings. The Labute approximate surface area is 233 Å². The number of esters is 2. The van der Waals surface area contributed by atoms with Gasteiger partial charge in [0.15, 0.2) is 0 Å². The van der Waals surface area contributed by atoms with E-state index in [4.69, 9.17) is 14.2 Å². The summed E-state index contributed by atoms with van der Waals surface area (Å²) in [6.07, 6.45) is 0.451. The van der Waals surface area contributed by atoms with Crippen molar-refractivity contribution in [1.29, 1.82) is 0 Å². The molecular weight excluding hydrogens is 500 g/mol. The second-order valence-electron chi connectivity index (χ2n) is 12.4. The number of nitrogens with zero attached hydrogens (tertiary/aromatic N) is 1. The lowest BCUT2D eigenvalue weighted by Crippen LogP contribution is -2.49. The second-order valence-corrected chi connectivity index (χ2v) is 12.4. The lowest BCUT2D eigenvalue weighted by Gasteiger charge is -2.32. The van der Waals surface area contributed by atoms with Crippen LogP contribution in [0.15, 0.2) is 12.1 Å². The third-order valence-electron chi connectivity index (χ3n) is 6.39. The van der Waals surface area contributed by atoms with E-state index in [1.54, 1.807) is 7.11 Å². The predicted molar refractivity (Wildman–Crippen MR) is 151 cm³/mol. The molecule has 1 aromatic rings. The molecule has 1 aromatic carbocycles. The molecule has 0 spiro atoms. The van der Waals surface area contributed by atoms with Crippen LogP contribution >= 0.6 is 0 Å². The van der Waals surface area contributed by atoms with Gasteiger partial charge in [0.2, 0.25) is 11.8 Å². The molecule has 0 saturated heterocycles. The highest BCUT2D eigenvalue weighted by Gasteiger charge is 2.34. The molecule has 0 aromatic heterocycles. The summed E-state index contributed by atoms with van der Waals surface area (Å²) in [7, 11) is 2.87. The van der Waals surface area contributed by atoms with Crippen LogP contribution < -0.4 is 14.8 Å². The van der Waals surface area contributed by atoms with Crippen molar-refractivity contribution in [1.82, 2.24) is 10.2 Å². The Morgan fingerprint density at radius 1 is 0.897 bits per heavy atom. The third-order valence-corrected chi connectivity index (χ3v) is 6.39. The first kappa shape index (κ1) is 33.9. The molecule has 2 amide bonds. The quantitative estimate of drug-likeness (QED) is 0.320. The minimum atomic E-state index is -1.05. The van der Waals surface area contributed by atoms with E-state index in [-0.39, 0.29) is 35.6 Å². The van der Waals surface area contributed by atoms with Crippen LogP contribution in [0.5, 0.6) is 11.5 Å². The van der Waals surface area contributed by atoms with Crippen LogP contribution in [0.1, 0.15) is 93.2 Å². The van der Waals surface area contributed by atoms with Gasteiger partial charge in [0, 0.05) is 31.5 Å². The molecule has 9 nitrogen and oxygen atoms in total. The van der Waals surface area contributed by atoms with Gasteiger partial charge >= 0.3 is 11.9 Å². The number of nitrogens with one attached hydrogen (secondary N) is 1. The molecule has 0 aliphatic carbocycles. The van der Waals surface area contributed by atoms with Crippen molar-refractivity contribution < 1.29 is 33.4 Å². The van der Waals surface area contributed by atoms with Crippen molar-refractivity contribution in [3.05, 3.63) is 23.3 Å². The van der Waals surface area contributed by atoms with Gasteiger partial charge in [-0.3, -0.25) is 9.59 Å². The molecule has 0 fully saturated rings. The van der Waals surface area contributed by atoms with Crippen LogP contribution in [0.4, 0.5) is 0 Å². The Morgan fingerprint density at radius 2 is 1.41 bits per heavy atom. The average Bonchev–Trinajstić information content (AvgIpc) is 2.79. The van der Waals surface area contributed by atoms with E-state index in [9.17, 15) is 19.2 Å². The first-order valence-corrected chi connectivity index (χ1v) is 13.4. The summed E-state index contributed by atoms with van der Waals surface area (Å²) in [4.78, 5) is 52.2. The largest absolute Gasteiger partial charge is 0.497 e. The SMILES string of the molecule is COC(=O)C(CC(C)C)N(CCC(NC(C)=O)C(=O)Oc1c(C(C)(C)C)cc(OC)cc1C(C)(C)C)C(C)=O. The van der Waals surface area contributed by atoms with Gasteiger partial charge in [-0.1, -0.05) is 55.4 Å². The number of hydrogen-bond donors (Lipinski definition) is 1. The van der Waals surface area contributed by atoms with Crippen molar-refractivity contribution in [2.75, 3.05) is 20.8 Å². The van der Waals surface area contributed by atoms with E-state index >= 15 is 0 Å². The zero-order chi connectivity index (χ0) is 30.3. The molecule has 0 radical (unpaired) electrons. The smallest absolute Gasteiger partial charge is 0.334 e. The van der Waals surface area contributed by atoms with Gasteiger partial charge in [-0.25, -0.2) is 9.59 Å². The highest BCUT2D eigenvalue weighted by atomic mass is 16.5. The fourth-order valence-corrected chi connectivity index (χ4v) is 4.34. The maximum atomic E-state index is 13.6. The molecule has 0 aliphatic heterocycles. The average molecular weight is 549 g/mol. The van der Waals surface area contributed by atoms with Crippen LogP contribution in [0.2, 0.25) is 0 Å². The number of methoxy groups -OCH3 is 2. The Hall–Kier alpha value is -3.10. The van der Waals surface area contributed by atoms with E-state index in [2.05, 4.69) is 5.32 Å². The molecule has 0 bridgehead atoms. The standard InChI is InChI=1S/C30H48N2O7/c1-18(2)15-25(28(36)38-12)32(20(4)34)14-13-24(31-19(3)33)27(35)39-26-22(29(5,6)7)16-21(37-11)17-23(26)30(8,9)10/h16-18,24-25H,13-15H2,1-12H3,(H,31,33). The zero-order valence-electron chi connectivity index (χ0n) is 25.8. The van der Waals surface area contributed by atoms with E-state index < -0.39 is 29.9 Å². The van der Waals surface area contributed by atoms with Gasteiger partial charge in [-0.05, 0) is 41.7 Å². The van der Waals surface area contributed by atoms with Crippen molar-refractivity contribution in [2.24, 2.45) is 5.92 Å². The number of carbonyl (C=O) groups excluding carboxylic acids is 4. The molecule has 2 atom stereocenters. The van der Waals surface area contributed by atoms with Crippen LogP contribution in [-0.4, -0.2) is 61.5 Å². The van der Waals surface area contributed by atoms with Gasteiger partial charge in [-0.2, -0.15) is 0 Å². The van der Waals surface area contributed by atoms with E-state index in [0.29, 0.717) is 17.9 Å². The second kappa shape index (κ2) is 13.8. The van der Waals surface area contributed by atoms with Crippen LogP contribution in [-0.2, 0) is 34.7 Å². The minimum absolute atomic E-state index is 0.0444. The van der Waals surface area contributed by atoms with Gasteiger partial charge < -0.3 is 24.4 Å². The Kier molecular flexibility index (Phi) is 12.0. The van der Waals surface area contributed by atoms with E-state index in [0.717, 1.165) is 11.1 Å². The number of ether oxygens (including phenoxy) is 3. The minimum Gasteiger partial charge on any atom is -0.497 e. The molecular formula is C30H48N2O7. The summed E-state index contributed by atoms with van der Waals surface area (Å²) in [6, 6.07) is 1.86. The molecule has 9 heteroatoms. The van der Waals surface area contributed by atoms with Crippen LogP contribution in [0.3, 0.4) is 0 Å². The highest BCUT2D eigenvalue weighted by Crippen LogP contribution is 2.42. The number of hydrogen-bond acceptors (Lipinski definition) is 7. The predicted octanol–water partition coefficient (Wildman–Crippen LogP) is 4.53. The molecule has 1 rings (SSSR count). The Bertz CT molecular complexity index is 1000. The first-order valence-electron chi connectivity index (χ1n) is 13.4. The maximum Gasteiger partial charge on any atom is 0.334 e. The fourth-order valence-electron chi connectivity index (χ4n) is 4.34. The van der Waals surface area contributed by atoms with E-state index in [1.807, 2.05) is 67.5 Å². The number of rotatable bonds is 11. The Balaban J connectivity index is 3.47. The van der Waals surface area contributed by atoms with Crippen molar-refractivity contribution in [3.63, 3.8) is 0 Å². The maximum absolute atomic E-state index is 13.6. The summed E-state index contributed by atoms with van der Waals surface area (Å²) < 4.78 is 16.6. The Morgan fingerprint density at radius 3 is 1.77 bits per heavy atom. The van der Waals surface area contributed by atoms with E-state index in [1.165, 1.54) is 25.9 Å². The molecule has 0 saturated carbocycles. The number of benzene rings is 1. The zero-order valence-corrected chi connectivity index (χ0v) is 25.8. The van der Waals surface area contributed by atoms with Gasteiger partial charge in [0.1, 0.15) is 23.6 Å². The molecule has 39 heavy (non-hydrogen) atoms. The van der Waals surface area contributed by atoms with Crippen LogP contribution in [0.25, 0.3) is 0 Å². The summed E-state index contributed by atoms with van der Waals surface area (Å²) in [5.41, 5.74) is 0.803. The number of amides is 2. The van der Waals surface area contributed by atoms with Crippen molar-refractivity contribution >= 4 is 23.8 Å². The topological polar surface area (TPSA) is 111 Å². The first-order chi connectivity index (χ1) is 17.8. The normalized spacial score (nSPS) is 13.4. The van der Waals surface area contributed by atoms with Crippen LogP contribution in [0, 0.1) is 5.92 Å². The highest BCUT2D eigenvalue weighted by molar-refractivity contribution is 5.86. The summed E-state index contributed by atoms with van der Waals surface area (Å²) in [5, 5.41) is 2.66. The van der Waals surface area contributed by atoms with Gasteiger partial charge in [0.25, 0.3) is 0 Å². The molecule has 2 unspecified atom stereocenters. The van der Waals surface area contributed by atoms with Gasteiger partial charge in [0.05, 0.1) is 14.2 Å². The third kappa shape index (κ3) is 9.86. The summed E-state index contributed by atoms with van der Waals surface area (Å²) in [5.74, 6) is -0.741. The molecule has 0 heterocycles.